The molecule has 2 N–H and O–H groups in total. The number of benzene rings is 1. The lowest BCUT2D eigenvalue weighted by Crippen LogP contribution is -2.02. The van der Waals surface area contributed by atoms with Crippen molar-refractivity contribution in [2.24, 2.45) is 0 Å². The summed E-state index contributed by atoms with van der Waals surface area (Å²) in [6.45, 7) is 1.51. The van der Waals surface area contributed by atoms with Crippen molar-refractivity contribution in [3.05, 3.63) is 25.7 Å². The zero-order chi connectivity index (χ0) is 9.30. The maximum atomic E-state index is 11.1. The number of halogens is 2. The molecule has 1 rings (SSSR count). The van der Waals surface area contributed by atoms with Gasteiger partial charge in [0, 0.05) is 8.04 Å². The fourth-order valence-corrected chi connectivity index (χ4v) is 2.00. The van der Waals surface area contributed by atoms with Crippen molar-refractivity contribution in [3.8, 4) is 0 Å². The molecule has 0 aromatic heterocycles. The Kier molecular flexibility index (Phi) is 3.11. The van der Waals surface area contributed by atoms with Crippen LogP contribution in [-0.2, 0) is 0 Å². The number of anilines is 1. The van der Waals surface area contributed by atoms with E-state index in [0.717, 1.165) is 8.04 Å². The van der Waals surface area contributed by atoms with Gasteiger partial charge in [0.2, 0.25) is 0 Å². The van der Waals surface area contributed by atoms with E-state index in [9.17, 15) is 4.79 Å². The minimum absolute atomic E-state index is 0.0158. The predicted octanol–water partition coefficient (Wildman–Crippen LogP) is 2.84. The first-order chi connectivity index (χ1) is 5.54. The first-order valence-electron chi connectivity index (χ1n) is 3.28. The van der Waals surface area contributed by atoms with E-state index in [1.807, 2.05) is 12.1 Å². The van der Waals surface area contributed by atoms with Gasteiger partial charge < -0.3 is 5.73 Å². The normalized spacial score (nSPS) is 9.92. The number of hydrogen-bond acceptors (Lipinski definition) is 2. The predicted molar refractivity (Wildman–Crippen MR) is 61.3 cm³/mol. The van der Waals surface area contributed by atoms with Crippen molar-refractivity contribution >= 4 is 50.0 Å². The second-order valence-corrected chi connectivity index (χ2v) is 4.39. The molecule has 0 unspecified atom stereocenters. The Bertz CT molecular complexity index is 338. The van der Waals surface area contributed by atoms with Gasteiger partial charge in [-0.2, -0.15) is 0 Å². The molecular formula is C8H7BrINO. The summed E-state index contributed by atoms with van der Waals surface area (Å²) >= 11 is 5.38. The molecule has 0 atom stereocenters. The summed E-state index contributed by atoms with van der Waals surface area (Å²) in [4.78, 5) is 11.1. The fourth-order valence-electron chi connectivity index (χ4n) is 0.925. The van der Waals surface area contributed by atoms with E-state index in [0.29, 0.717) is 11.3 Å². The summed E-state index contributed by atoms with van der Waals surface area (Å²) in [6, 6.07) is 3.70. The van der Waals surface area contributed by atoms with Crippen molar-refractivity contribution < 1.29 is 4.79 Å². The lowest BCUT2D eigenvalue weighted by molar-refractivity contribution is 0.101. The number of ketones is 1. The van der Waals surface area contributed by atoms with E-state index in [2.05, 4.69) is 38.5 Å². The third-order valence-corrected chi connectivity index (χ3v) is 3.10. The largest absolute Gasteiger partial charge is 0.397 e. The highest BCUT2D eigenvalue weighted by Gasteiger charge is 2.11. The van der Waals surface area contributed by atoms with Gasteiger partial charge >= 0.3 is 0 Å². The van der Waals surface area contributed by atoms with Gasteiger partial charge in [-0.1, -0.05) is 0 Å². The number of carbonyl (C=O) groups is 1. The Balaban J connectivity index is 3.43. The van der Waals surface area contributed by atoms with Crippen LogP contribution in [0.5, 0.6) is 0 Å². The molecular weight excluding hydrogens is 333 g/mol. The average Bonchev–Trinajstić information content (AvgIpc) is 1.97. The lowest BCUT2D eigenvalue weighted by atomic mass is 10.1. The SMILES string of the molecule is CC(=O)c1c(Br)ccc(I)c1N. The summed E-state index contributed by atoms with van der Waals surface area (Å²) in [6.07, 6.45) is 0. The number of rotatable bonds is 1. The second-order valence-electron chi connectivity index (χ2n) is 2.37. The monoisotopic (exact) mass is 339 g/mol. The Morgan fingerprint density at radius 3 is 2.58 bits per heavy atom. The van der Waals surface area contributed by atoms with E-state index in [1.165, 1.54) is 6.92 Å². The Labute approximate surface area is 92.8 Å². The third kappa shape index (κ3) is 1.80. The van der Waals surface area contributed by atoms with Gasteiger partial charge in [-0.05, 0) is 57.6 Å². The Morgan fingerprint density at radius 1 is 1.58 bits per heavy atom. The summed E-state index contributed by atoms with van der Waals surface area (Å²) in [5.74, 6) is -0.0158. The second kappa shape index (κ2) is 3.74. The van der Waals surface area contributed by atoms with Crippen molar-refractivity contribution in [1.29, 1.82) is 0 Å². The fraction of sp³-hybridized carbons (Fsp3) is 0.125. The van der Waals surface area contributed by atoms with Crippen LogP contribution in [0.15, 0.2) is 16.6 Å². The van der Waals surface area contributed by atoms with Crippen LogP contribution < -0.4 is 5.73 Å². The molecule has 0 spiro atoms. The number of hydrogen-bond donors (Lipinski definition) is 1. The maximum absolute atomic E-state index is 11.1. The third-order valence-electron chi connectivity index (χ3n) is 1.49. The molecule has 2 nitrogen and oxygen atoms in total. The molecule has 0 aliphatic carbocycles. The van der Waals surface area contributed by atoms with Crippen LogP contribution in [0.1, 0.15) is 17.3 Å². The van der Waals surface area contributed by atoms with Crippen molar-refractivity contribution in [1.82, 2.24) is 0 Å². The molecule has 0 aliphatic heterocycles. The molecule has 0 bridgehead atoms. The summed E-state index contributed by atoms with van der Waals surface area (Å²) in [7, 11) is 0. The maximum Gasteiger partial charge on any atom is 0.163 e. The van der Waals surface area contributed by atoms with Gasteiger partial charge in [-0.15, -0.1) is 0 Å². The summed E-state index contributed by atoms with van der Waals surface area (Å²) < 4.78 is 1.66. The van der Waals surface area contributed by atoms with Gasteiger partial charge in [0.1, 0.15) is 0 Å². The van der Waals surface area contributed by atoms with Crippen LogP contribution in [0.2, 0.25) is 0 Å². The number of nitrogens with two attached hydrogens (primary N) is 1. The molecule has 0 radical (unpaired) electrons. The van der Waals surface area contributed by atoms with Gasteiger partial charge in [0.15, 0.2) is 5.78 Å². The molecule has 64 valence electrons. The number of carbonyl (C=O) groups excluding carboxylic acids is 1. The quantitative estimate of drug-likeness (QED) is 0.485. The lowest BCUT2D eigenvalue weighted by Gasteiger charge is -2.05. The minimum atomic E-state index is -0.0158. The molecule has 0 saturated carbocycles. The molecule has 1 aromatic rings. The van der Waals surface area contributed by atoms with Gasteiger partial charge in [0.05, 0.1) is 11.3 Å². The van der Waals surface area contributed by atoms with Crippen molar-refractivity contribution in [2.75, 3.05) is 5.73 Å². The smallest absolute Gasteiger partial charge is 0.163 e. The molecule has 0 fully saturated rings. The van der Waals surface area contributed by atoms with E-state index < -0.39 is 0 Å². The molecule has 0 saturated heterocycles. The molecule has 12 heavy (non-hydrogen) atoms. The molecule has 4 heteroatoms. The van der Waals surface area contributed by atoms with Crippen LogP contribution in [0.25, 0.3) is 0 Å². The average molecular weight is 340 g/mol. The van der Waals surface area contributed by atoms with Crippen LogP contribution in [0, 0.1) is 3.57 Å². The zero-order valence-corrected chi connectivity index (χ0v) is 10.1. The van der Waals surface area contributed by atoms with E-state index in [4.69, 9.17) is 5.73 Å². The van der Waals surface area contributed by atoms with Crippen molar-refractivity contribution in [2.45, 2.75) is 6.92 Å². The molecule has 0 amide bonds. The van der Waals surface area contributed by atoms with Crippen LogP contribution >= 0.6 is 38.5 Å². The van der Waals surface area contributed by atoms with Gasteiger partial charge in [0.25, 0.3) is 0 Å². The highest BCUT2D eigenvalue weighted by molar-refractivity contribution is 14.1. The number of Topliss-reactive ketones (excluding diaryl/α,β-unsaturated/α-hetero) is 1. The molecule has 0 heterocycles. The van der Waals surface area contributed by atoms with E-state index in [-0.39, 0.29) is 5.78 Å². The van der Waals surface area contributed by atoms with Gasteiger partial charge in [-0.25, -0.2) is 0 Å². The highest BCUT2D eigenvalue weighted by Crippen LogP contribution is 2.27. The Morgan fingerprint density at radius 2 is 2.17 bits per heavy atom. The first-order valence-corrected chi connectivity index (χ1v) is 5.15. The first kappa shape index (κ1) is 9.98. The van der Waals surface area contributed by atoms with Crippen LogP contribution in [0.4, 0.5) is 5.69 Å². The summed E-state index contributed by atoms with van der Waals surface area (Å²) in [5.41, 5.74) is 6.85. The van der Waals surface area contributed by atoms with Crippen LogP contribution in [0.3, 0.4) is 0 Å². The topological polar surface area (TPSA) is 43.1 Å². The standard InChI is InChI=1S/C8H7BrINO/c1-4(12)7-5(9)2-3-6(10)8(7)11/h2-3H,11H2,1H3. The highest BCUT2D eigenvalue weighted by atomic mass is 127. The number of nitrogen functional groups attached to an aromatic ring is 1. The van der Waals surface area contributed by atoms with E-state index in [1.54, 1.807) is 0 Å². The van der Waals surface area contributed by atoms with E-state index >= 15 is 0 Å². The zero-order valence-electron chi connectivity index (χ0n) is 6.40. The Hall–Kier alpha value is -0.100. The minimum Gasteiger partial charge on any atom is -0.397 e. The van der Waals surface area contributed by atoms with Gasteiger partial charge in [-0.3, -0.25) is 4.79 Å². The van der Waals surface area contributed by atoms with Crippen molar-refractivity contribution in [3.63, 3.8) is 0 Å². The van der Waals surface area contributed by atoms with Crippen LogP contribution in [-0.4, -0.2) is 5.78 Å². The summed E-state index contributed by atoms with van der Waals surface area (Å²) in [5, 5.41) is 0. The molecule has 1 aromatic carbocycles. The molecule has 0 aliphatic rings.